The van der Waals surface area contributed by atoms with Crippen LogP contribution in [0.2, 0.25) is 0 Å². The van der Waals surface area contributed by atoms with Crippen LogP contribution in [0.1, 0.15) is 0 Å². The van der Waals surface area contributed by atoms with Gasteiger partial charge in [-0.15, -0.1) is 0 Å². The van der Waals surface area contributed by atoms with Crippen molar-refractivity contribution >= 4 is 5.69 Å². The molecule has 2 heterocycles. The number of anilines is 1. The molecule has 0 unspecified atom stereocenters. The van der Waals surface area contributed by atoms with Crippen molar-refractivity contribution in [2.24, 2.45) is 0 Å². The van der Waals surface area contributed by atoms with Crippen LogP contribution in [-0.4, -0.2) is 23.9 Å². The molecule has 0 aliphatic carbocycles. The zero-order valence-corrected chi connectivity index (χ0v) is 10.0. The molecule has 3 heteroatoms. The summed E-state index contributed by atoms with van der Waals surface area (Å²) in [5, 5.41) is 10.3. The highest BCUT2D eigenvalue weighted by molar-refractivity contribution is 5.61. The SMILES string of the molecule is C=C1C=CC(C2(O)COC2)=CN1c1ccccc1. The second kappa shape index (κ2) is 4.12. The maximum absolute atomic E-state index is 10.3. The summed E-state index contributed by atoms with van der Waals surface area (Å²) in [5.41, 5.74) is 1.94. The van der Waals surface area contributed by atoms with E-state index in [1.807, 2.05) is 53.6 Å². The molecular formula is C15H15NO2. The predicted molar refractivity (Wildman–Crippen MR) is 71.1 cm³/mol. The highest BCUT2D eigenvalue weighted by Crippen LogP contribution is 2.32. The van der Waals surface area contributed by atoms with Crippen LogP contribution >= 0.6 is 0 Å². The lowest BCUT2D eigenvalue weighted by atomic mass is 9.90. The highest BCUT2D eigenvalue weighted by atomic mass is 16.5. The summed E-state index contributed by atoms with van der Waals surface area (Å²) in [5.74, 6) is 0. The molecule has 1 aromatic carbocycles. The fourth-order valence-electron chi connectivity index (χ4n) is 2.10. The lowest BCUT2D eigenvalue weighted by Crippen LogP contribution is -2.51. The molecule has 1 saturated heterocycles. The van der Waals surface area contributed by atoms with Crippen LogP contribution in [0.25, 0.3) is 0 Å². The first kappa shape index (κ1) is 11.3. The number of benzene rings is 1. The molecule has 0 saturated carbocycles. The van der Waals surface area contributed by atoms with E-state index in [2.05, 4.69) is 6.58 Å². The summed E-state index contributed by atoms with van der Waals surface area (Å²) >= 11 is 0. The van der Waals surface area contributed by atoms with E-state index in [-0.39, 0.29) is 0 Å². The van der Waals surface area contributed by atoms with Crippen LogP contribution in [0.3, 0.4) is 0 Å². The quantitative estimate of drug-likeness (QED) is 0.861. The smallest absolute Gasteiger partial charge is 0.137 e. The first-order valence-corrected chi connectivity index (χ1v) is 5.93. The van der Waals surface area contributed by atoms with E-state index in [0.717, 1.165) is 17.0 Å². The van der Waals surface area contributed by atoms with Crippen molar-refractivity contribution in [3.63, 3.8) is 0 Å². The van der Waals surface area contributed by atoms with Gasteiger partial charge < -0.3 is 14.7 Å². The fraction of sp³-hybridized carbons (Fsp3) is 0.200. The molecule has 92 valence electrons. The van der Waals surface area contributed by atoms with Gasteiger partial charge in [-0.05, 0) is 18.2 Å². The van der Waals surface area contributed by atoms with Crippen molar-refractivity contribution in [3.8, 4) is 0 Å². The Bertz CT molecular complexity index is 527. The predicted octanol–water partition coefficient (Wildman–Crippen LogP) is 2.22. The van der Waals surface area contributed by atoms with Crippen LogP contribution in [0.4, 0.5) is 5.69 Å². The monoisotopic (exact) mass is 241 g/mol. The largest absolute Gasteiger partial charge is 0.380 e. The van der Waals surface area contributed by atoms with Crippen molar-refractivity contribution < 1.29 is 9.84 Å². The lowest BCUT2D eigenvalue weighted by Gasteiger charge is -2.39. The molecule has 18 heavy (non-hydrogen) atoms. The van der Waals surface area contributed by atoms with Gasteiger partial charge in [-0.25, -0.2) is 0 Å². The van der Waals surface area contributed by atoms with Gasteiger partial charge in [0.2, 0.25) is 0 Å². The van der Waals surface area contributed by atoms with Crippen molar-refractivity contribution in [1.82, 2.24) is 0 Å². The van der Waals surface area contributed by atoms with E-state index in [4.69, 9.17) is 4.74 Å². The van der Waals surface area contributed by atoms with E-state index in [1.165, 1.54) is 0 Å². The molecule has 2 aliphatic rings. The third-order valence-corrected chi connectivity index (χ3v) is 3.29. The Balaban J connectivity index is 1.95. The van der Waals surface area contributed by atoms with Gasteiger partial charge in [0, 0.05) is 23.2 Å². The molecule has 0 spiro atoms. The number of allylic oxidation sites excluding steroid dienone is 1. The topological polar surface area (TPSA) is 32.7 Å². The highest BCUT2D eigenvalue weighted by Gasteiger charge is 2.40. The molecule has 3 nitrogen and oxygen atoms in total. The number of rotatable bonds is 2. The van der Waals surface area contributed by atoms with Crippen molar-refractivity contribution in [2.45, 2.75) is 5.60 Å². The van der Waals surface area contributed by atoms with Crippen LogP contribution in [0, 0.1) is 0 Å². The van der Waals surface area contributed by atoms with Crippen LogP contribution in [-0.2, 0) is 4.74 Å². The Kier molecular flexibility index (Phi) is 2.58. The maximum Gasteiger partial charge on any atom is 0.137 e. The molecule has 3 rings (SSSR count). The Hall–Kier alpha value is -1.84. The number of ether oxygens (including phenoxy) is 1. The third-order valence-electron chi connectivity index (χ3n) is 3.29. The van der Waals surface area contributed by atoms with Crippen LogP contribution < -0.4 is 4.90 Å². The molecule has 0 radical (unpaired) electrons. The van der Waals surface area contributed by atoms with E-state index in [9.17, 15) is 5.11 Å². The standard InChI is InChI=1S/C15H15NO2/c1-12-7-8-13(15(17)10-18-11-15)9-16(12)14-5-3-2-4-6-14/h2-9,17H,1,10-11H2. The summed E-state index contributed by atoms with van der Waals surface area (Å²) in [7, 11) is 0. The van der Waals surface area contributed by atoms with Gasteiger partial charge in [-0.3, -0.25) is 0 Å². The fourth-order valence-corrected chi connectivity index (χ4v) is 2.10. The second-order valence-electron chi connectivity index (χ2n) is 4.64. The Morgan fingerprint density at radius 2 is 1.89 bits per heavy atom. The van der Waals surface area contributed by atoms with Gasteiger partial charge in [0.15, 0.2) is 0 Å². The van der Waals surface area contributed by atoms with Crippen molar-refractivity contribution in [3.05, 3.63) is 66.5 Å². The second-order valence-corrected chi connectivity index (χ2v) is 4.64. The van der Waals surface area contributed by atoms with Crippen molar-refractivity contribution in [1.29, 1.82) is 0 Å². The first-order valence-electron chi connectivity index (χ1n) is 5.93. The summed E-state index contributed by atoms with van der Waals surface area (Å²) in [4.78, 5) is 1.98. The molecule has 1 N–H and O–H groups in total. The molecule has 1 fully saturated rings. The first-order chi connectivity index (χ1) is 8.69. The molecule has 0 atom stereocenters. The molecule has 1 aromatic rings. The van der Waals surface area contributed by atoms with Gasteiger partial charge in [-0.1, -0.05) is 30.9 Å². The number of para-hydroxylation sites is 1. The van der Waals surface area contributed by atoms with E-state index >= 15 is 0 Å². The Morgan fingerprint density at radius 3 is 2.50 bits per heavy atom. The third kappa shape index (κ3) is 1.78. The van der Waals surface area contributed by atoms with Gasteiger partial charge in [0.05, 0.1) is 13.2 Å². The van der Waals surface area contributed by atoms with E-state index in [0.29, 0.717) is 13.2 Å². The van der Waals surface area contributed by atoms with Gasteiger partial charge in [0.1, 0.15) is 5.60 Å². The van der Waals surface area contributed by atoms with E-state index < -0.39 is 5.60 Å². The molecule has 0 bridgehead atoms. The average molecular weight is 241 g/mol. The Labute approximate surface area is 106 Å². The van der Waals surface area contributed by atoms with E-state index in [1.54, 1.807) is 0 Å². The minimum Gasteiger partial charge on any atom is -0.380 e. The summed E-state index contributed by atoms with van der Waals surface area (Å²) in [6.07, 6.45) is 5.75. The summed E-state index contributed by atoms with van der Waals surface area (Å²) in [6.45, 7) is 4.73. The maximum atomic E-state index is 10.3. The van der Waals surface area contributed by atoms with Gasteiger partial charge >= 0.3 is 0 Å². The minimum atomic E-state index is -0.843. The molecule has 0 amide bonds. The lowest BCUT2D eigenvalue weighted by molar-refractivity contribution is -0.152. The summed E-state index contributed by atoms with van der Waals surface area (Å²) < 4.78 is 5.09. The molecule has 0 aromatic heterocycles. The zero-order chi connectivity index (χ0) is 12.6. The van der Waals surface area contributed by atoms with Gasteiger partial charge in [-0.2, -0.15) is 0 Å². The van der Waals surface area contributed by atoms with Crippen molar-refractivity contribution in [2.75, 3.05) is 18.1 Å². The summed E-state index contributed by atoms with van der Waals surface area (Å²) in [6, 6.07) is 9.97. The minimum absolute atomic E-state index is 0.359. The number of aliphatic hydroxyl groups is 1. The van der Waals surface area contributed by atoms with Gasteiger partial charge in [0.25, 0.3) is 0 Å². The number of hydrogen-bond donors (Lipinski definition) is 1. The van der Waals surface area contributed by atoms with Crippen LogP contribution in [0.15, 0.2) is 66.5 Å². The number of nitrogens with zero attached hydrogens (tertiary/aromatic N) is 1. The van der Waals surface area contributed by atoms with Crippen LogP contribution in [0.5, 0.6) is 0 Å². The molecular weight excluding hydrogens is 226 g/mol. The average Bonchev–Trinajstić information content (AvgIpc) is 2.37. The zero-order valence-electron chi connectivity index (χ0n) is 10.0. The number of hydrogen-bond acceptors (Lipinski definition) is 3. The molecule has 2 aliphatic heterocycles. The normalized spacial score (nSPS) is 21.5. The Morgan fingerprint density at radius 1 is 1.17 bits per heavy atom.